The third kappa shape index (κ3) is 7.80. The summed E-state index contributed by atoms with van der Waals surface area (Å²) >= 11 is 0. The lowest BCUT2D eigenvalue weighted by Gasteiger charge is -2.08. The number of rotatable bonds is 10. The Morgan fingerprint density at radius 3 is 2.68 bits per heavy atom. The highest BCUT2D eigenvalue weighted by molar-refractivity contribution is 5.19. The van der Waals surface area contributed by atoms with Crippen LogP contribution in [0.4, 0.5) is 0 Å². The summed E-state index contributed by atoms with van der Waals surface area (Å²) in [6.45, 7) is 10.3. The zero-order chi connectivity index (χ0) is 13.9. The van der Waals surface area contributed by atoms with Crippen LogP contribution < -0.4 is 10.1 Å². The largest absolute Gasteiger partial charge is 0.490 e. The average Bonchev–Trinajstić information content (AvgIpc) is 2.40. The third-order valence-corrected chi connectivity index (χ3v) is 2.50. The van der Waals surface area contributed by atoms with Crippen molar-refractivity contribution in [3.63, 3.8) is 0 Å². The summed E-state index contributed by atoms with van der Waals surface area (Å²) in [5.41, 5.74) is 1.04. The molecule has 0 aliphatic carbocycles. The van der Waals surface area contributed by atoms with Gasteiger partial charge in [0.2, 0.25) is 0 Å². The SMILES string of the molecule is CCCOCCOc1ccc(CNCC(C)C)nc1. The molecule has 1 N–H and O–H groups in total. The van der Waals surface area contributed by atoms with Gasteiger partial charge in [0.05, 0.1) is 18.5 Å². The molecule has 0 saturated heterocycles. The van der Waals surface area contributed by atoms with E-state index in [1.54, 1.807) is 6.20 Å². The molecule has 0 amide bonds. The van der Waals surface area contributed by atoms with Gasteiger partial charge >= 0.3 is 0 Å². The van der Waals surface area contributed by atoms with Gasteiger partial charge in [0.25, 0.3) is 0 Å². The van der Waals surface area contributed by atoms with Gasteiger partial charge in [0, 0.05) is 13.2 Å². The molecule has 1 aromatic rings. The van der Waals surface area contributed by atoms with E-state index in [2.05, 4.69) is 31.1 Å². The van der Waals surface area contributed by atoms with Gasteiger partial charge in [-0.05, 0) is 31.0 Å². The number of hydrogen-bond acceptors (Lipinski definition) is 4. The minimum absolute atomic E-state index is 0.576. The molecule has 0 aliphatic rings. The van der Waals surface area contributed by atoms with Gasteiger partial charge in [-0.15, -0.1) is 0 Å². The van der Waals surface area contributed by atoms with E-state index in [9.17, 15) is 0 Å². The molecule has 0 aliphatic heterocycles. The number of aromatic nitrogens is 1. The lowest BCUT2D eigenvalue weighted by molar-refractivity contribution is 0.100. The number of nitrogens with one attached hydrogen (secondary N) is 1. The highest BCUT2D eigenvalue weighted by Crippen LogP contribution is 2.09. The summed E-state index contributed by atoms with van der Waals surface area (Å²) in [6.07, 6.45) is 2.81. The molecule has 19 heavy (non-hydrogen) atoms. The molecule has 0 saturated carbocycles. The van der Waals surface area contributed by atoms with Crippen molar-refractivity contribution in [3.05, 3.63) is 24.0 Å². The molecular weight excluding hydrogens is 240 g/mol. The number of ether oxygens (including phenoxy) is 2. The lowest BCUT2D eigenvalue weighted by atomic mass is 10.2. The molecule has 0 spiro atoms. The first-order valence-electron chi connectivity index (χ1n) is 7.08. The van der Waals surface area contributed by atoms with E-state index in [1.807, 2.05) is 12.1 Å². The van der Waals surface area contributed by atoms with Crippen LogP contribution in [0.15, 0.2) is 18.3 Å². The van der Waals surface area contributed by atoms with E-state index >= 15 is 0 Å². The van der Waals surface area contributed by atoms with Crippen LogP contribution >= 0.6 is 0 Å². The first-order chi connectivity index (χ1) is 9.22. The van der Waals surface area contributed by atoms with E-state index in [-0.39, 0.29) is 0 Å². The van der Waals surface area contributed by atoms with Crippen molar-refractivity contribution >= 4 is 0 Å². The van der Waals surface area contributed by atoms with E-state index in [0.717, 1.165) is 37.6 Å². The van der Waals surface area contributed by atoms with Gasteiger partial charge in [0.1, 0.15) is 12.4 Å². The van der Waals surface area contributed by atoms with Gasteiger partial charge in [-0.3, -0.25) is 4.98 Å². The Morgan fingerprint density at radius 2 is 2.05 bits per heavy atom. The maximum atomic E-state index is 5.54. The molecule has 1 rings (SSSR count). The smallest absolute Gasteiger partial charge is 0.137 e. The Morgan fingerprint density at radius 1 is 1.21 bits per heavy atom. The number of nitrogens with zero attached hydrogens (tertiary/aromatic N) is 1. The van der Waals surface area contributed by atoms with Gasteiger partial charge in [-0.2, -0.15) is 0 Å². The Balaban J connectivity index is 2.19. The predicted molar refractivity (Wildman–Crippen MR) is 77.4 cm³/mol. The Labute approximate surface area is 116 Å². The normalized spacial score (nSPS) is 10.9. The first kappa shape index (κ1) is 15.9. The number of hydrogen-bond donors (Lipinski definition) is 1. The second kappa shape index (κ2) is 9.75. The molecular formula is C15H26N2O2. The highest BCUT2D eigenvalue weighted by atomic mass is 16.5. The van der Waals surface area contributed by atoms with Crippen LogP contribution in [0, 0.1) is 5.92 Å². The van der Waals surface area contributed by atoms with Crippen molar-refractivity contribution in [2.24, 2.45) is 5.92 Å². The molecule has 1 heterocycles. The minimum atomic E-state index is 0.576. The molecule has 4 nitrogen and oxygen atoms in total. The zero-order valence-corrected chi connectivity index (χ0v) is 12.3. The standard InChI is InChI=1S/C15H26N2O2/c1-4-7-18-8-9-19-15-6-5-14(17-12-15)11-16-10-13(2)3/h5-6,12-13,16H,4,7-11H2,1-3H3. The molecule has 0 radical (unpaired) electrons. The van der Waals surface area contributed by atoms with E-state index in [0.29, 0.717) is 19.1 Å². The molecule has 0 bridgehead atoms. The van der Waals surface area contributed by atoms with Crippen LogP contribution in [-0.2, 0) is 11.3 Å². The molecule has 0 fully saturated rings. The van der Waals surface area contributed by atoms with Gasteiger partial charge < -0.3 is 14.8 Å². The van der Waals surface area contributed by atoms with Crippen LogP contribution in [-0.4, -0.2) is 31.3 Å². The predicted octanol–water partition coefficient (Wildman–Crippen LogP) is 2.63. The van der Waals surface area contributed by atoms with Gasteiger partial charge in [-0.1, -0.05) is 20.8 Å². The van der Waals surface area contributed by atoms with Crippen molar-refractivity contribution in [2.45, 2.75) is 33.7 Å². The fraction of sp³-hybridized carbons (Fsp3) is 0.667. The van der Waals surface area contributed by atoms with Crippen molar-refractivity contribution in [1.29, 1.82) is 0 Å². The molecule has 0 aromatic carbocycles. The Bertz CT molecular complexity index is 325. The molecule has 0 unspecified atom stereocenters. The quantitative estimate of drug-likeness (QED) is 0.661. The first-order valence-corrected chi connectivity index (χ1v) is 7.08. The van der Waals surface area contributed by atoms with E-state index < -0.39 is 0 Å². The van der Waals surface area contributed by atoms with Gasteiger partial charge in [-0.25, -0.2) is 0 Å². The fourth-order valence-electron chi connectivity index (χ4n) is 1.55. The zero-order valence-electron chi connectivity index (χ0n) is 12.3. The van der Waals surface area contributed by atoms with Gasteiger partial charge in [0.15, 0.2) is 0 Å². The summed E-state index contributed by atoms with van der Waals surface area (Å²) in [6, 6.07) is 3.95. The minimum Gasteiger partial charge on any atom is -0.490 e. The molecule has 4 heteroatoms. The second-order valence-electron chi connectivity index (χ2n) is 4.97. The Hall–Kier alpha value is -1.13. The van der Waals surface area contributed by atoms with Crippen molar-refractivity contribution in [3.8, 4) is 5.75 Å². The average molecular weight is 266 g/mol. The van der Waals surface area contributed by atoms with E-state index in [4.69, 9.17) is 9.47 Å². The maximum absolute atomic E-state index is 5.54. The van der Waals surface area contributed by atoms with Crippen molar-refractivity contribution < 1.29 is 9.47 Å². The van der Waals surface area contributed by atoms with E-state index in [1.165, 1.54) is 0 Å². The fourth-order valence-corrected chi connectivity index (χ4v) is 1.55. The summed E-state index contributed by atoms with van der Waals surface area (Å²) in [4.78, 5) is 4.36. The summed E-state index contributed by atoms with van der Waals surface area (Å²) < 4.78 is 10.9. The van der Waals surface area contributed by atoms with Crippen molar-refractivity contribution in [2.75, 3.05) is 26.4 Å². The third-order valence-electron chi connectivity index (χ3n) is 2.50. The monoisotopic (exact) mass is 266 g/mol. The second-order valence-corrected chi connectivity index (χ2v) is 4.97. The molecule has 1 aromatic heterocycles. The van der Waals surface area contributed by atoms with Crippen LogP contribution in [0.3, 0.4) is 0 Å². The summed E-state index contributed by atoms with van der Waals surface area (Å²) in [5.74, 6) is 1.46. The van der Waals surface area contributed by atoms with Crippen LogP contribution in [0.1, 0.15) is 32.9 Å². The van der Waals surface area contributed by atoms with Crippen LogP contribution in [0.2, 0.25) is 0 Å². The molecule has 108 valence electrons. The maximum Gasteiger partial charge on any atom is 0.137 e. The summed E-state index contributed by atoms with van der Waals surface area (Å²) in [7, 11) is 0. The summed E-state index contributed by atoms with van der Waals surface area (Å²) in [5, 5.41) is 3.36. The Kier molecular flexibility index (Phi) is 8.18. The number of pyridine rings is 1. The van der Waals surface area contributed by atoms with Crippen LogP contribution in [0.5, 0.6) is 5.75 Å². The molecule has 0 atom stereocenters. The van der Waals surface area contributed by atoms with Crippen LogP contribution in [0.25, 0.3) is 0 Å². The van der Waals surface area contributed by atoms with Crippen molar-refractivity contribution in [1.82, 2.24) is 10.3 Å². The highest BCUT2D eigenvalue weighted by Gasteiger charge is 1.98. The topological polar surface area (TPSA) is 43.4 Å². The lowest BCUT2D eigenvalue weighted by Crippen LogP contribution is -2.19.